The summed E-state index contributed by atoms with van der Waals surface area (Å²) in [7, 11) is 0. The first kappa shape index (κ1) is 26.6. The maximum atomic E-state index is 13.6. The van der Waals surface area contributed by atoms with Gasteiger partial charge in [0.2, 0.25) is 18.6 Å². The lowest BCUT2D eigenvalue weighted by atomic mass is 10.1. The SMILES string of the molecule is CCC(SC1=Nc2ccccc2C2=NC(CCC(=O)NCc3ccco3)C(=O)N12)C(=O)Nc1ccc2c(c1)OCO2. The van der Waals surface area contributed by atoms with Gasteiger partial charge >= 0.3 is 0 Å². The highest BCUT2D eigenvalue weighted by Gasteiger charge is 2.42. The standard InChI is InChI=1S/C29H27N5O6S/c1-2-24(27(36)31-17-9-11-22-23(14-17)40-16-39-22)41-29-33-20-8-4-3-7-19(20)26-32-21(28(37)34(26)29)10-12-25(35)30-15-18-6-5-13-38-18/h3-9,11,13-14,21,24H,2,10,12,15-16H2,1H3,(H,30,35)(H,31,36). The zero-order chi connectivity index (χ0) is 28.3. The number of nitrogens with one attached hydrogen (secondary N) is 2. The van der Waals surface area contributed by atoms with Gasteiger partial charge < -0.3 is 24.5 Å². The van der Waals surface area contributed by atoms with E-state index in [4.69, 9.17) is 23.9 Å². The quantitative estimate of drug-likeness (QED) is 0.392. The first-order valence-corrected chi connectivity index (χ1v) is 14.1. The van der Waals surface area contributed by atoms with E-state index in [1.165, 1.54) is 16.7 Å². The molecule has 11 nitrogen and oxygen atoms in total. The number of carbonyl (C=O) groups is 3. The lowest BCUT2D eigenvalue weighted by Gasteiger charge is -2.27. The predicted molar refractivity (Wildman–Crippen MR) is 153 cm³/mol. The third-order valence-electron chi connectivity index (χ3n) is 6.78. The van der Waals surface area contributed by atoms with Crippen LogP contribution in [-0.2, 0) is 20.9 Å². The smallest absolute Gasteiger partial charge is 0.259 e. The molecule has 0 fully saturated rings. The molecule has 4 heterocycles. The van der Waals surface area contributed by atoms with Crippen molar-refractivity contribution in [1.82, 2.24) is 10.2 Å². The molecule has 2 aromatic carbocycles. The van der Waals surface area contributed by atoms with Crippen LogP contribution in [0.15, 0.2) is 75.3 Å². The van der Waals surface area contributed by atoms with Gasteiger partial charge in [-0.3, -0.25) is 19.4 Å². The molecule has 0 spiro atoms. The summed E-state index contributed by atoms with van der Waals surface area (Å²) in [4.78, 5) is 50.3. The number of amides is 3. The van der Waals surface area contributed by atoms with Crippen LogP contribution in [0.3, 0.4) is 0 Å². The summed E-state index contributed by atoms with van der Waals surface area (Å²) in [6.07, 6.45) is 2.41. The van der Waals surface area contributed by atoms with E-state index in [0.717, 1.165) is 5.56 Å². The molecule has 0 saturated carbocycles. The minimum Gasteiger partial charge on any atom is -0.467 e. The average Bonchev–Trinajstić information content (AvgIpc) is 3.74. The number of rotatable bonds is 9. The molecule has 2 N–H and O–H groups in total. The van der Waals surface area contributed by atoms with Gasteiger partial charge in [0.1, 0.15) is 17.6 Å². The van der Waals surface area contributed by atoms with Crippen molar-refractivity contribution >= 4 is 51.9 Å². The van der Waals surface area contributed by atoms with Crippen LogP contribution >= 0.6 is 11.8 Å². The highest BCUT2D eigenvalue weighted by molar-refractivity contribution is 8.15. The first-order chi connectivity index (χ1) is 20.0. The van der Waals surface area contributed by atoms with Crippen molar-refractivity contribution in [3.05, 3.63) is 72.2 Å². The Bertz CT molecular complexity index is 1550. The van der Waals surface area contributed by atoms with Crippen LogP contribution in [0.25, 0.3) is 0 Å². The molecule has 0 radical (unpaired) electrons. The molecule has 3 aliphatic heterocycles. The van der Waals surface area contributed by atoms with E-state index in [-0.39, 0.29) is 43.9 Å². The summed E-state index contributed by atoms with van der Waals surface area (Å²) in [5, 5.41) is 5.57. The summed E-state index contributed by atoms with van der Waals surface area (Å²) in [5.74, 6) is 1.63. The van der Waals surface area contributed by atoms with Crippen molar-refractivity contribution in [2.45, 2.75) is 44.0 Å². The molecule has 1 aromatic heterocycles. The van der Waals surface area contributed by atoms with Gasteiger partial charge in [-0.1, -0.05) is 30.8 Å². The Kier molecular flexibility index (Phi) is 7.47. The van der Waals surface area contributed by atoms with Crippen LogP contribution in [-0.4, -0.2) is 51.7 Å². The second-order valence-electron chi connectivity index (χ2n) is 9.52. The molecule has 0 bridgehead atoms. The molecular weight excluding hydrogens is 546 g/mol. The van der Waals surface area contributed by atoms with Crippen molar-refractivity contribution in [3.63, 3.8) is 0 Å². The van der Waals surface area contributed by atoms with Crippen LogP contribution in [0.1, 0.15) is 37.5 Å². The number of ether oxygens (including phenoxy) is 2. The van der Waals surface area contributed by atoms with Gasteiger partial charge in [-0.25, -0.2) is 9.89 Å². The van der Waals surface area contributed by atoms with E-state index in [0.29, 0.717) is 46.1 Å². The molecule has 41 heavy (non-hydrogen) atoms. The number of carbonyl (C=O) groups excluding carboxylic acids is 3. The van der Waals surface area contributed by atoms with Gasteiger partial charge in [-0.05, 0) is 49.2 Å². The molecule has 3 amide bonds. The fraction of sp³-hybridized carbons (Fsp3) is 0.276. The van der Waals surface area contributed by atoms with Crippen LogP contribution in [0.2, 0.25) is 0 Å². The highest BCUT2D eigenvalue weighted by Crippen LogP contribution is 2.37. The summed E-state index contributed by atoms with van der Waals surface area (Å²) in [5.41, 5.74) is 1.98. The lowest BCUT2D eigenvalue weighted by Crippen LogP contribution is -2.42. The molecular formula is C29H27N5O6S. The maximum Gasteiger partial charge on any atom is 0.259 e. The van der Waals surface area contributed by atoms with E-state index >= 15 is 0 Å². The number of amidine groups is 2. The predicted octanol–water partition coefficient (Wildman–Crippen LogP) is 4.21. The lowest BCUT2D eigenvalue weighted by molar-refractivity contribution is -0.125. The number of benzene rings is 2. The third kappa shape index (κ3) is 5.55. The van der Waals surface area contributed by atoms with E-state index in [1.54, 1.807) is 36.6 Å². The van der Waals surface area contributed by atoms with Gasteiger partial charge in [-0.2, -0.15) is 0 Å². The molecule has 0 saturated heterocycles. The van der Waals surface area contributed by atoms with Crippen molar-refractivity contribution in [2.24, 2.45) is 9.98 Å². The van der Waals surface area contributed by atoms with Gasteiger partial charge in [0.25, 0.3) is 5.91 Å². The van der Waals surface area contributed by atoms with E-state index in [2.05, 4.69) is 10.6 Å². The number of hydrogen-bond donors (Lipinski definition) is 2. The molecule has 2 atom stereocenters. The van der Waals surface area contributed by atoms with E-state index < -0.39 is 11.3 Å². The Labute approximate surface area is 240 Å². The van der Waals surface area contributed by atoms with Crippen molar-refractivity contribution in [3.8, 4) is 11.5 Å². The van der Waals surface area contributed by atoms with Crippen LogP contribution in [0, 0.1) is 0 Å². The topological polar surface area (TPSA) is 135 Å². The Morgan fingerprint density at radius 2 is 1.98 bits per heavy atom. The number of hydrogen-bond acceptors (Lipinski definition) is 9. The molecule has 2 unspecified atom stereocenters. The molecule has 0 aliphatic carbocycles. The van der Waals surface area contributed by atoms with Crippen LogP contribution < -0.4 is 20.1 Å². The maximum absolute atomic E-state index is 13.6. The average molecular weight is 574 g/mol. The molecule has 6 rings (SSSR count). The van der Waals surface area contributed by atoms with E-state index in [9.17, 15) is 14.4 Å². The minimum atomic E-state index is -0.737. The van der Waals surface area contributed by atoms with Crippen molar-refractivity contribution < 1.29 is 28.3 Å². The molecule has 210 valence electrons. The second-order valence-corrected chi connectivity index (χ2v) is 10.7. The normalized spacial score (nSPS) is 17.3. The van der Waals surface area contributed by atoms with Gasteiger partial charge in [-0.15, -0.1) is 0 Å². The zero-order valence-electron chi connectivity index (χ0n) is 22.2. The second kappa shape index (κ2) is 11.5. The number of nitrogens with zero attached hydrogens (tertiary/aromatic N) is 3. The zero-order valence-corrected chi connectivity index (χ0v) is 23.0. The van der Waals surface area contributed by atoms with Crippen molar-refractivity contribution in [1.29, 1.82) is 0 Å². The summed E-state index contributed by atoms with van der Waals surface area (Å²) >= 11 is 1.21. The van der Waals surface area contributed by atoms with Gasteiger partial charge in [0.05, 0.1) is 23.7 Å². The summed E-state index contributed by atoms with van der Waals surface area (Å²) < 4.78 is 16.0. The molecule has 3 aliphatic rings. The van der Waals surface area contributed by atoms with Gasteiger partial charge in [0, 0.05) is 23.7 Å². The largest absolute Gasteiger partial charge is 0.467 e. The number of furan rings is 1. The minimum absolute atomic E-state index is 0.124. The Hall–Kier alpha value is -4.58. The first-order valence-electron chi connectivity index (χ1n) is 13.3. The number of anilines is 1. The Morgan fingerprint density at radius 1 is 1.12 bits per heavy atom. The van der Waals surface area contributed by atoms with Crippen LogP contribution in [0.5, 0.6) is 11.5 Å². The summed E-state index contributed by atoms with van der Waals surface area (Å²) in [6, 6.07) is 15.4. The number of fused-ring (bicyclic) bond motifs is 4. The molecule has 3 aromatic rings. The number of aliphatic imine (C=N–C) groups is 2. The molecule has 12 heteroatoms. The van der Waals surface area contributed by atoms with Gasteiger partial charge in [0.15, 0.2) is 16.7 Å². The summed E-state index contributed by atoms with van der Waals surface area (Å²) in [6.45, 7) is 2.32. The number of thioether (sulfide) groups is 1. The van der Waals surface area contributed by atoms with Crippen molar-refractivity contribution in [2.75, 3.05) is 12.1 Å². The fourth-order valence-corrected chi connectivity index (χ4v) is 5.69. The monoisotopic (exact) mass is 573 g/mol. The Balaban J connectivity index is 1.16. The third-order valence-corrected chi connectivity index (χ3v) is 8.10. The highest BCUT2D eigenvalue weighted by atomic mass is 32.2. The fourth-order valence-electron chi connectivity index (χ4n) is 4.67. The Morgan fingerprint density at radius 3 is 2.80 bits per heavy atom. The van der Waals surface area contributed by atoms with E-state index in [1.807, 2.05) is 31.2 Å². The number of para-hydroxylation sites is 1. The van der Waals surface area contributed by atoms with Crippen LogP contribution in [0.4, 0.5) is 11.4 Å².